The van der Waals surface area contributed by atoms with E-state index in [2.05, 4.69) is 61.5 Å². The van der Waals surface area contributed by atoms with Gasteiger partial charge in [0, 0.05) is 11.5 Å². The van der Waals surface area contributed by atoms with Crippen LogP contribution in [0.5, 0.6) is 0 Å². The number of allylic oxidation sites excluding steroid dienone is 2. The quantitative estimate of drug-likeness (QED) is 0.210. The fourth-order valence-corrected chi connectivity index (χ4v) is 11.7. The van der Waals surface area contributed by atoms with Crippen molar-refractivity contribution in [2.24, 2.45) is 50.2 Å². The minimum Gasteiger partial charge on any atom is -0.459 e. The maximum Gasteiger partial charge on any atom is 0.331 e. The summed E-state index contributed by atoms with van der Waals surface area (Å²) in [5.41, 5.74) is 4.65. The van der Waals surface area contributed by atoms with E-state index in [-0.39, 0.29) is 17.5 Å². The second kappa shape index (κ2) is 9.59. The lowest BCUT2D eigenvalue weighted by Crippen LogP contribution is -2.66. The lowest BCUT2D eigenvalue weighted by atomic mass is 9.32. The third kappa shape index (κ3) is 4.43. The second-order valence-electron chi connectivity index (χ2n) is 17.3. The molecule has 0 N–H and O–H groups in total. The third-order valence-electron chi connectivity index (χ3n) is 14.4. The van der Waals surface area contributed by atoms with Gasteiger partial charge in [0.25, 0.3) is 0 Å². The van der Waals surface area contributed by atoms with Crippen molar-refractivity contribution < 1.29 is 9.53 Å². The average Bonchev–Trinajstić information content (AvgIpc) is 2.91. The Labute approximate surface area is 250 Å². The van der Waals surface area contributed by atoms with Crippen LogP contribution in [0.15, 0.2) is 48.1 Å². The third-order valence-corrected chi connectivity index (χ3v) is 14.4. The standard InChI is InChI=1S/C39H56O2/c1-34(2)22-23-36(5)24-25-38(7)28(29(36)26-34)15-16-31-37(6)20-19-32(35(3,4)30(37)18-21-39(31,38)8)41-33(40)17-14-27-12-10-9-11-13-27/h9-14,17,26,28,30-32H,15-16,18-25H2,1-8H3/t28-,30+,31-,32+,36-,37+,38-,39-/m1/s1. The van der Waals surface area contributed by atoms with Crippen molar-refractivity contribution in [2.75, 3.05) is 0 Å². The molecule has 0 radical (unpaired) electrons. The number of carbonyl (C=O) groups excluding carboxylic acids is 1. The molecule has 5 aliphatic rings. The van der Waals surface area contributed by atoms with Gasteiger partial charge in [-0.3, -0.25) is 0 Å². The van der Waals surface area contributed by atoms with Gasteiger partial charge in [0.1, 0.15) is 6.10 Å². The zero-order valence-corrected chi connectivity index (χ0v) is 27.3. The zero-order valence-electron chi connectivity index (χ0n) is 27.3. The van der Waals surface area contributed by atoms with Crippen molar-refractivity contribution in [3.63, 3.8) is 0 Å². The van der Waals surface area contributed by atoms with Crippen LogP contribution in [0, 0.1) is 50.2 Å². The summed E-state index contributed by atoms with van der Waals surface area (Å²) < 4.78 is 6.25. The lowest BCUT2D eigenvalue weighted by Gasteiger charge is -2.72. The van der Waals surface area contributed by atoms with Gasteiger partial charge in [0.2, 0.25) is 0 Å². The number of fused-ring (bicyclic) bond motifs is 7. The van der Waals surface area contributed by atoms with E-state index >= 15 is 0 Å². The Kier molecular flexibility index (Phi) is 6.84. The first-order valence-corrected chi connectivity index (χ1v) is 16.8. The van der Waals surface area contributed by atoms with Gasteiger partial charge in [0.15, 0.2) is 0 Å². The molecule has 0 bridgehead atoms. The smallest absolute Gasteiger partial charge is 0.331 e. The molecule has 4 saturated carbocycles. The van der Waals surface area contributed by atoms with Crippen LogP contribution in [0.1, 0.15) is 125 Å². The summed E-state index contributed by atoms with van der Waals surface area (Å²) in [7, 11) is 0. The van der Waals surface area contributed by atoms with Crippen molar-refractivity contribution in [3.8, 4) is 0 Å². The zero-order chi connectivity index (χ0) is 29.5. The Bertz CT molecular complexity index is 1240. The molecule has 1 aromatic carbocycles. The first-order valence-electron chi connectivity index (χ1n) is 16.8. The van der Waals surface area contributed by atoms with Gasteiger partial charge in [-0.25, -0.2) is 4.79 Å². The number of rotatable bonds is 3. The van der Waals surface area contributed by atoms with Crippen molar-refractivity contribution in [3.05, 3.63) is 53.6 Å². The predicted molar refractivity (Wildman–Crippen MR) is 170 cm³/mol. The molecular formula is C39H56O2. The van der Waals surface area contributed by atoms with E-state index in [4.69, 9.17) is 4.74 Å². The minimum absolute atomic E-state index is 0.0187. The van der Waals surface area contributed by atoms with E-state index in [0.717, 1.165) is 23.8 Å². The number of benzene rings is 1. The van der Waals surface area contributed by atoms with Crippen molar-refractivity contribution in [1.82, 2.24) is 0 Å². The highest BCUT2D eigenvalue weighted by molar-refractivity contribution is 5.87. The number of hydrogen-bond donors (Lipinski definition) is 0. The van der Waals surface area contributed by atoms with Crippen LogP contribution in [0.2, 0.25) is 0 Å². The predicted octanol–water partition coefficient (Wildman–Crippen LogP) is 10.4. The molecule has 8 atom stereocenters. The number of hydrogen-bond acceptors (Lipinski definition) is 2. The molecule has 0 unspecified atom stereocenters. The minimum atomic E-state index is -0.196. The summed E-state index contributed by atoms with van der Waals surface area (Å²) in [5, 5.41) is 0. The van der Waals surface area contributed by atoms with Crippen LogP contribution < -0.4 is 0 Å². The maximum absolute atomic E-state index is 13.0. The highest BCUT2D eigenvalue weighted by Gasteiger charge is 2.69. The first kappa shape index (κ1) is 29.3. The second-order valence-corrected chi connectivity index (χ2v) is 17.3. The molecule has 1 aromatic rings. The number of esters is 1. The molecule has 6 rings (SSSR count). The Morgan fingerprint density at radius 2 is 1.46 bits per heavy atom. The average molecular weight is 557 g/mol. The summed E-state index contributed by atoms with van der Waals surface area (Å²) >= 11 is 0. The molecule has 2 heteroatoms. The van der Waals surface area contributed by atoms with Gasteiger partial charge >= 0.3 is 5.97 Å². The molecule has 224 valence electrons. The number of ether oxygens (including phenoxy) is 1. The maximum atomic E-state index is 13.0. The Morgan fingerprint density at radius 3 is 2.20 bits per heavy atom. The molecule has 0 heterocycles. The van der Waals surface area contributed by atoms with Crippen LogP contribution >= 0.6 is 0 Å². The fraction of sp³-hybridized carbons (Fsp3) is 0.718. The Morgan fingerprint density at radius 1 is 0.756 bits per heavy atom. The molecule has 0 amide bonds. The van der Waals surface area contributed by atoms with E-state index in [1.165, 1.54) is 57.8 Å². The van der Waals surface area contributed by atoms with Crippen molar-refractivity contribution in [1.29, 1.82) is 0 Å². The van der Waals surface area contributed by atoms with E-state index in [9.17, 15) is 4.79 Å². The molecule has 0 aliphatic heterocycles. The van der Waals surface area contributed by atoms with Crippen LogP contribution in [0.4, 0.5) is 0 Å². The largest absolute Gasteiger partial charge is 0.459 e. The molecule has 2 nitrogen and oxygen atoms in total. The molecule has 0 aromatic heterocycles. The monoisotopic (exact) mass is 556 g/mol. The van der Waals surface area contributed by atoms with Crippen LogP contribution in [0.25, 0.3) is 6.08 Å². The highest BCUT2D eigenvalue weighted by Crippen LogP contribution is 2.76. The summed E-state index contributed by atoms with van der Waals surface area (Å²) in [6.45, 7) is 20.4. The van der Waals surface area contributed by atoms with E-state index in [0.29, 0.717) is 33.0 Å². The SMILES string of the molecule is CC1(C)C=C2[C@H]3CC[C@@H]4[C@@]5(C)CC[C@H](OC(=O)C=Cc6ccccc6)C(C)(C)[C@@H]5CC[C@@]4(C)[C@]3(C)CC[C@@]2(C)CC1. The molecular weight excluding hydrogens is 500 g/mol. The summed E-state index contributed by atoms with van der Waals surface area (Å²) in [4.78, 5) is 13.0. The normalized spacial score (nSPS) is 44.5. The fourth-order valence-electron chi connectivity index (χ4n) is 11.7. The molecule has 4 fully saturated rings. The highest BCUT2D eigenvalue weighted by atomic mass is 16.5. The van der Waals surface area contributed by atoms with E-state index in [1.54, 1.807) is 6.08 Å². The first-order chi connectivity index (χ1) is 19.1. The summed E-state index contributed by atoms with van der Waals surface area (Å²) in [6, 6.07) is 10.0. The van der Waals surface area contributed by atoms with Crippen molar-refractivity contribution >= 4 is 12.0 Å². The van der Waals surface area contributed by atoms with Crippen LogP contribution in [-0.2, 0) is 9.53 Å². The summed E-state index contributed by atoms with van der Waals surface area (Å²) in [5.74, 6) is 1.87. The molecule has 0 saturated heterocycles. The van der Waals surface area contributed by atoms with E-state index in [1.807, 2.05) is 42.0 Å². The van der Waals surface area contributed by atoms with Gasteiger partial charge in [-0.1, -0.05) is 97.4 Å². The summed E-state index contributed by atoms with van der Waals surface area (Å²) in [6.07, 6.45) is 19.1. The van der Waals surface area contributed by atoms with Gasteiger partial charge < -0.3 is 4.74 Å². The van der Waals surface area contributed by atoms with E-state index < -0.39 is 0 Å². The topological polar surface area (TPSA) is 26.3 Å². The van der Waals surface area contributed by atoms with Crippen LogP contribution in [0.3, 0.4) is 0 Å². The lowest BCUT2D eigenvalue weighted by molar-refractivity contribution is -0.232. The number of carbonyl (C=O) groups is 1. The van der Waals surface area contributed by atoms with Gasteiger partial charge in [-0.05, 0) is 121 Å². The molecule has 5 aliphatic carbocycles. The van der Waals surface area contributed by atoms with Crippen LogP contribution in [-0.4, -0.2) is 12.1 Å². The molecule has 41 heavy (non-hydrogen) atoms. The molecule has 0 spiro atoms. The van der Waals surface area contributed by atoms with Gasteiger partial charge in [-0.15, -0.1) is 0 Å². The van der Waals surface area contributed by atoms with Gasteiger partial charge in [-0.2, -0.15) is 0 Å². The van der Waals surface area contributed by atoms with Gasteiger partial charge in [0.05, 0.1) is 0 Å². The Hall–Kier alpha value is -1.83. The Balaban J connectivity index is 1.24. The van der Waals surface area contributed by atoms with Crippen molar-refractivity contribution in [2.45, 2.75) is 126 Å².